The molecular weight excluding hydrogens is 331 g/mol. The second-order valence-electron chi connectivity index (χ2n) is 8.32. The molecule has 1 saturated heterocycles. The lowest BCUT2D eigenvalue weighted by atomic mass is 9.83. The topological polar surface area (TPSA) is 48.5 Å². The fourth-order valence-electron chi connectivity index (χ4n) is 4.09. The maximum atomic E-state index is 14.3. The molecule has 5 nitrogen and oxygen atoms in total. The predicted molar refractivity (Wildman–Crippen MR) is 102 cm³/mol. The Balaban J connectivity index is 1.52. The van der Waals surface area contributed by atoms with Gasteiger partial charge < -0.3 is 10.2 Å². The van der Waals surface area contributed by atoms with Gasteiger partial charge in [-0.2, -0.15) is 4.39 Å². The van der Waals surface area contributed by atoms with Gasteiger partial charge in [-0.25, -0.2) is 4.98 Å². The number of carbonyl (C=O) groups excluding carboxylic acids is 1. The number of pyridine rings is 1. The molecule has 26 heavy (non-hydrogen) atoms. The van der Waals surface area contributed by atoms with E-state index in [2.05, 4.69) is 36.0 Å². The average molecular weight is 362 g/mol. The Bertz CT molecular complexity index is 655. The van der Waals surface area contributed by atoms with Crippen molar-refractivity contribution in [3.8, 4) is 0 Å². The molecule has 1 amide bonds. The summed E-state index contributed by atoms with van der Waals surface area (Å²) in [5.74, 6) is 0.743. The van der Waals surface area contributed by atoms with E-state index in [4.69, 9.17) is 0 Å². The van der Waals surface area contributed by atoms with E-state index in [-0.39, 0.29) is 11.6 Å². The molecule has 1 aromatic rings. The molecular formula is C20H31FN4O. The molecule has 1 aromatic heterocycles. The first-order chi connectivity index (χ1) is 12.4. The van der Waals surface area contributed by atoms with Crippen LogP contribution in [0, 0.1) is 23.2 Å². The monoisotopic (exact) mass is 362 g/mol. The van der Waals surface area contributed by atoms with Crippen molar-refractivity contribution in [2.45, 2.75) is 33.6 Å². The number of aromatic nitrogens is 1. The summed E-state index contributed by atoms with van der Waals surface area (Å²) in [7, 11) is 1.51. The van der Waals surface area contributed by atoms with Gasteiger partial charge in [0, 0.05) is 39.8 Å². The normalized spacial score (nSPS) is 23.8. The highest BCUT2D eigenvalue weighted by Crippen LogP contribution is 2.52. The second-order valence-corrected chi connectivity index (χ2v) is 8.32. The molecule has 2 atom stereocenters. The number of carbonyl (C=O) groups is 1. The molecule has 2 heterocycles. The van der Waals surface area contributed by atoms with Gasteiger partial charge in [-0.05, 0) is 35.8 Å². The highest BCUT2D eigenvalue weighted by Gasteiger charge is 2.46. The molecule has 0 radical (unpaired) electrons. The van der Waals surface area contributed by atoms with Gasteiger partial charge in [0.15, 0.2) is 0 Å². The van der Waals surface area contributed by atoms with Gasteiger partial charge in [-0.1, -0.05) is 27.2 Å². The van der Waals surface area contributed by atoms with Crippen molar-refractivity contribution in [1.29, 1.82) is 0 Å². The van der Waals surface area contributed by atoms with Crippen LogP contribution in [-0.4, -0.2) is 55.6 Å². The molecule has 0 bridgehead atoms. The third kappa shape index (κ3) is 4.00. The van der Waals surface area contributed by atoms with Gasteiger partial charge in [-0.3, -0.25) is 9.69 Å². The molecule has 2 aliphatic rings. The van der Waals surface area contributed by atoms with Gasteiger partial charge in [0.2, 0.25) is 5.95 Å². The quantitative estimate of drug-likeness (QED) is 0.791. The number of piperazine rings is 1. The van der Waals surface area contributed by atoms with Gasteiger partial charge >= 0.3 is 0 Å². The van der Waals surface area contributed by atoms with Crippen molar-refractivity contribution in [3.63, 3.8) is 0 Å². The van der Waals surface area contributed by atoms with Crippen LogP contribution in [0.5, 0.6) is 0 Å². The number of rotatable bonds is 6. The van der Waals surface area contributed by atoms with E-state index in [1.807, 2.05) is 4.90 Å². The largest absolute Gasteiger partial charge is 0.365 e. The zero-order valence-corrected chi connectivity index (χ0v) is 16.4. The minimum atomic E-state index is -0.563. The van der Waals surface area contributed by atoms with Crippen LogP contribution in [0.25, 0.3) is 0 Å². The van der Waals surface area contributed by atoms with Crippen LogP contribution in [0.2, 0.25) is 0 Å². The average Bonchev–Trinajstić information content (AvgIpc) is 3.42. The molecule has 6 heteroatoms. The molecule has 1 aliphatic carbocycles. The summed E-state index contributed by atoms with van der Waals surface area (Å²) in [6, 6.07) is 3.26. The zero-order valence-electron chi connectivity index (χ0n) is 16.4. The lowest BCUT2D eigenvalue weighted by Gasteiger charge is -2.36. The molecule has 2 fully saturated rings. The maximum Gasteiger partial charge on any atom is 0.269 e. The fraction of sp³-hybridized carbons (Fsp3) is 0.700. The van der Waals surface area contributed by atoms with Crippen LogP contribution in [0.15, 0.2) is 12.1 Å². The zero-order chi connectivity index (χ0) is 18.9. The maximum absolute atomic E-state index is 14.3. The number of hydrogen-bond donors (Lipinski definition) is 1. The van der Waals surface area contributed by atoms with Crippen LogP contribution in [0.1, 0.15) is 44.1 Å². The van der Waals surface area contributed by atoms with Crippen molar-refractivity contribution in [3.05, 3.63) is 23.8 Å². The highest BCUT2D eigenvalue weighted by molar-refractivity contribution is 5.92. The first kappa shape index (κ1) is 19.1. The van der Waals surface area contributed by atoms with Crippen molar-refractivity contribution in [2.75, 3.05) is 44.7 Å². The Morgan fingerprint density at radius 3 is 2.58 bits per heavy atom. The molecule has 1 N–H and O–H groups in total. The number of nitrogens with zero attached hydrogens (tertiary/aromatic N) is 3. The van der Waals surface area contributed by atoms with E-state index in [1.165, 1.54) is 19.9 Å². The first-order valence-electron chi connectivity index (χ1n) is 9.71. The molecule has 0 spiro atoms. The Morgan fingerprint density at radius 2 is 2.00 bits per heavy atom. The summed E-state index contributed by atoms with van der Waals surface area (Å²) >= 11 is 0. The molecule has 1 aliphatic heterocycles. The number of anilines is 1. The van der Waals surface area contributed by atoms with E-state index < -0.39 is 5.95 Å². The lowest BCUT2D eigenvalue weighted by Crippen LogP contribution is -2.47. The minimum Gasteiger partial charge on any atom is -0.365 e. The van der Waals surface area contributed by atoms with Crippen LogP contribution in [0.3, 0.4) is 0 Å². The fourth-order valence-corrected chi connectivity index (χ4v) is 4.09. The second kappa shape index (κ2) is 7.51. The van der Waals surface area contributed by atoms with E-state index in [0.717, 1.165) is 44.6 Å². The minimum absolute atomic E-state index is 0.116. The predicted octanol–water partition coefficient (Wildman–Crippen LogP) is 2.77. The molecule has 144 valence electrons. The molecule has 3 rings (SSSR count). The van der Waals surface area contributed by atoms with Crippen molar-refractivity contribution in [1.82, 2.24) is 15.2 Å². The number of halogens is 1. The van der Waals surface area contributed by atoms with Crippen LogP contribution >= 0.6 is 0 Å². The first-order valence-corrected chi connectivity index (χ1v) is 9.71. The highest BCUT2D eigenvalue weighted by atomic mass is 19.1. The Labute approximate surface area is 156 Å². The Kier molecular flexibility index (Phi) is 5.51. The summed E-state index contributed by atoms with van der Waals surface area (Å²) < 4.78 is 14.3. The summed E-state index contributed by atoms with van der Waals surface area (Å²) in [6.07, 6.45) is 2.58. The number of amides is 1. The lowest BCUT2D eigenvalue weighted by molar-refractivity contribution is 0.0957. The summed E-state index contributed by atoms with van der Waals surface area (Å²) in [4.78, 5) is 19.9. The molecule has 0 aromatic carbocycles. The standard InChI is InChI=1S/C20H31FN4O/c1-5-20(2,3)15-12-14(15)13-24-8-10-25(11-9-24)17-7-6-16(19(26)22-4)23-18(17)21/h6-7,14-15H,5,8-13H2,1-4H3,(H,22,26). The number of nitrogens with one attached hydrogen (secondary N) is 1. The van der Waals surface area contributed by atoms with Crippen molar-refractivity contribution >= 4 is 11.6 Å². The Morgan fingerprint density at radius 1 is 1.31 bits per heavy atom. The molecule has 1 saturated carbocycles. The summed E-state index contributed by atoms with van der Waals surface area (Å²) in [6.45, 7) is 11.7. The summed E-state index contributed by atoms with van der Waals surface area (Å²) in [5.41, 5.74) is 1.06. The van der Waals surface area contributed by atoms with Gasteiger partial charge in [0.25, 0.3) is 5.91 Å². The third-order valence-electron chi connectivity index (χ3n) is 6.33. The van der Waals surface area contributed by atoms with Gasteiger partial charge in [0.1, 0.15) is 5.69 Å². The van der Waals surface area contributed by atoms with Gasteiger partial charge in [0.05, 0.1) is 5.69 Å². The summed E-state index contributed by atoms with van der Waals surface area (Å²) in [5, 5.41) is 2.47. The molecule has 2 unspecified atom stereocenters. The number of hydrogen-bond acceptors (Lipinski definition) is 4. The van der Waals surface area contributed by atoms with E-state index >= 15 is 0 Å². The van der Waals surface area contributed by atoms with Crippen LogP contribution in [-0.2, 0) is 0 Å². The van der Waals surface area contributed by atoms with E-state index in [9.17, 15) is 9.18 Å². The van der Waals surface area contributed by atoms with Crippen LogP contribution in [0.4, 0.5) is 10.1 Å². The van der Waals surface area contributed by atoms with Crippen molar-refractivity contribution in [2.24, 2.45) is 17.3 Å². The third-order valence-corrected chi connectivity index (χ3v) is 6.33. The smallest absolute Gasteiger partial charge is 0.269 e. The Hall–Kier alpha value is -1.69. The van der Waals surface area contributed by atoms with Crippen molar-refractivity contribution < 1.29 is 9.18 Å². The van der Waals surface area contributed by atoms with E-state index in [0.29, 0.717) is 11.1 Å². The van der Waals surface area contributed by atoms with E-state index in [1.54, 1.807) is 12.1 Å². The van der Waals surface area contributed by atoms with Crippen LogP contribution < -0.4 is 10.2 Å². The van der Waals surface area contributed by atoms with Gasteiger partial charge in [-0.15, -0.1) is 0 Å². The SMILES string of the molecule is CCC(C)(C)C1CC1CN1CCN(c2ccc(C(=O)NC)nc2F)CC1.